The molecule has 0 N–H and O–H groups in total. The second-order valence-electron chi connectivity index (χ2n) is 7.79. The molecule has 2 aliphatic rings. The summed E-state index contributed by atoms with van der Waals surface area (Å²) in [7, 11) is 0. The minimum absolute atomic E-state index is 0.190. The fourth-order valence-corrected chi connectivity index (χ4v) is 4.68. The molecule has 132 valence electrons. The van der Waals surface area contributed by atoms with E-state index in [0.717, 1.165) is 17.7 Å². The van der Waals surface area contributed by atoms with Crippen molar-refractivity contribution in [3.05, 3.63) is 70.7 Å². The van der Waals surface area contributed by atoms with E-state index in [2.05, 4.69) is 47.7 Å². The first-order valence-electron chi connectivity index (χ1n) is 9.40. The van der Waals surface area contributed by atoms with E-state index in [-0.39, 0.29) is 5.82 Å². The van der Waals surface area contributed by atoms with Gasteiger partial charge in [-0.2, -0.15) is 0 Å². The van der Waals surface area contributed by atoms with E-state index in [9.17, 15) is 4.39 Å². The predicted molar refractivity (Wildman–Crippen MR) is 106 cm³/mol. The monoisotopic (exact) mass is 346 g/mol. The van der Waals surface area contributed by atoms with Crippen molar-refractivity contribution in [3.63, 3.8) is 0 Å². The molecule has 3 aromatic rings. The van der Waals surface area contributed by atoms with Crippen LogP contribution in [0.3, 0.4) is 0 Å². The molecule has 0 spiro atoms. The minimum atomic E-state index is -0.190. The van der Waals surface area contributed by atoms with Crippen molar-refractivity contribution < 1.29 is 4.39 Å². The lowest BCUT2D eigenvalue weighted by molar-refractivity contribution is 0.308. The number of aryl methyl sites for hydroxylation is 1. The third-order valence-corrected chi connectivity index (χ3v) is 5.98. The maximum atomic E-state index is 13.3. The lowest BCUT2D eigenvalue weighted by atomic mass is 9.93. The van der Waals surface area contributed by atoms with Crippen LogP contribution in [0, 0.1) is 12.7 Å². The van der Waals surface area contributed by atoms with Gasteiger partial charge >= 0.3 is 0 Å². The molecule has 2 aromatic carbocycles. The van der Waals surface area contributed by atoms with E-state index in [0.29, 0.717) is 5.92 Å². The molecule has 2 nitrogen and oxygen atoms in total. The first-order chi connectivity index (χ1) is 12.6. The molecule has 0 amide bonds. The van der Waals surface area contributed by atoms with E-state index < -0.39 is 0 Å². The Labute approximate surface area is 153 Å². The van der Waals surface area contributed by atoms with Gasteiger partial charge < -0.3 is 4.57 Å². The van der Waals surface area contributed by atoms with Gasteiger partial charge in [-0.05, 0) is 67.8 Å². The Kier molecular flexibility index (Phi) is 3.54. The Balaban J connectivity index is 1.72. The Hall–Kier alpha value is -2.39. The van der Waals surface area contributed by atoms with Crippen molar-refractivity contribution in [1.29, 1.82) is 0 Å². The second-order valence-corrected chi connectivity index (χ2v) is 7.79. The van der Waals surface area contributed by atoms with Crippen LogP contribution in [0.5, 0.6) is 0 Å². The van der Waals surface area contributed by atoms with E-state index in [1.165, 1.54) is 53.8 Å². The summed E-state index contributed by atoms with van der Waals surface area (Å²) in [5.41, 5.74) is 7.81. The van der Waals surface area contributed by atoms with Crippen LogP contribution in [0.1, 0.15) is 41.6 Å². The Bertz CT molecular complexity index is 1030. The number of rotatable bonds is 2. The topological polar surface area (TPSA) is 8.17 Å². The summed E-state index contributed by atoms with van der Waals surface area (Å²) in [6, 6.07) is 13.6. The first kappa shape index (κ1) is 15.8. The van der Waals surface area contributed by atoms with Crippen molar-refractivity contribution >= 4 is 22.7 Å². The number of fused-ring (bicyclic) bond motifs is 6. The van der Waals surface area contributed by atoms with Gasteiger partial charge in [-0.25, -0.2) is 4.39 Å². The average molecular weight is 346 g/mol. The van der Waals surface area contributed by atoms with Gasteiger partial charge in [0, 0.05) is 36.3 Å². The summed E-state index contributed by atoms with van der Waals surface area (Å²) < 4.78 is 15.6. The zero-order chi connectivity index (χ0) is 17.8. The molecule has 0 aliphatic carbocycles. The maximum absolute atomic E-state index is 13.3. The standard InChI is InChI=1S/C23H23FN2/c1-15-3-8-21-20(11-15)23-18-9-10-25(13-18)14-22(23)26(21)12-16(2)17-4-6-19(24)7-5-17/h3-8,11-12,18H,9-10,13-14H2,1-2H3/b16-12+. The van der Waals surface area contributed by atoms with Gasteiger partial charge in [0.2, 0.25) is 0 Å². The molecule has 2 atom stereocenters. The van der Waals surface area contributed by atoms with Crippen molar-refractivity contribution in [2.24, 2.45) is 0 Å². The van der Waals surface area contributed by atoms with Gasteiger partial charge in [0.25, 0.3) is 0 Å². The number of hydrogen-bond acceptors (Lipinski definition) is 1. The molecule has 3 heteroatoms. The summed E-state index contributed by atoms with van der Waals surface area (Å²) in [5, 5.41) is 1.41. The largest absolute Gasteiger partial charge is 0.318 e. The van der Waals surface area contributed by atoms with Crippen molar-refractivity contribution in [2.45, 2.75) is 32.7 Å². The highest BCUT2D eigenvalue weighted by molar-refractivity contribution is 5.91. The fraction of sp³-hybridized carbons (Fsp3) is 0.304. The lowest BCUT2D eigenvalue weighted by Gasteiger charge is -2.24. The van der Waals surface area contributed by atoms with Crippen LogP contribution in [0.2, 0.25) is 0 Å². The van der Waals surface area contributed by atoms with E-state index in [1.807, 2.05) is 12.1 Å². The molecule has 5 rings (SSSR count). The van der Waals surface area contributed by atoms with Crippen LogP contribution in [0.25, 0.3) is 22.7 Å². The molecule has 0 saturated carbocycles. The van der Waals surface area contributed by atoms with Crippen molar-refractivity contribution in [2.75, 3.05) is 13.1 Å². The normalized spacial score (nSPS) is 22.0. The highest BCUT2D eigenvalue weighted by Gasteiger charge is 2.35. The zero-order valence-corrected chi connectivity index (χ0v) is 15.3. The molecule has 26 heavy (non-hydrogen) atoms. The predicted octanol–water partition coefficient (Wildman–Crippen LogP) is 5.41. The summed E-state index contributed by atoms with van der Waals surface area (Å²) >= 11 is 0. The van der Waals surface area contributed by atoms with Gasteiger partial charge in [0.1, 0.15) is 5.82 Å². The van der Waals surface area contributed by atoms with E-state index in [4.69, 9.17) is 0 Å². The van der Waals surface area contributed by atoms with Gasteiger partial charge in [-0.15, -0.1) is 0 Å². The summed E-state index contributed by atoms with van der Waals surface area (Å²) in [5.74, 6) is 0.467. The molecule has 1 fully saturated rings. The number of allylic oxidation sites excluding steroid dienone is 1. The van der Waals surface area contributed by atoms with Gasteiger partial charge in [-0.1, -0.05) is 23.8 Å². The van der Waals surface area contributed by atoms with E-state index >= 15 is 0 Å². The summed E-state index contributed by atoms with van der Waals surface area (Å²) in [4.78, 5) is 2.57. The van der Waals surface area contributed by atoms with Crippen molar-refractivity contribution in [3.8, 4) is 0 Å². The Morgan fingerprint density at radius 2 is 1.96 bits per heavy atom. The van der Waals surface area contributed by atoms with E-state index in [1.54, 1.807) is 5.56 Å². The zero-order valence-electron chi connectivity index (χ0n) is 15.3. The molecule has 2 bridgehead atoms. The highest BCUT2D eigenvalue weighted by atomic mass is 19.1. The number of hydrogen-bond donors (Lipinski definition) is 0. The molecule has 1 aromatic heterocycles. The molecular weight excluding hydrogens is 323 g/mol. The summed E-state index contributed by atoms with van der Waals surface area (Å²) in [6.45, 7) is 7.70. The Morgan fingerprint density at radius 1 is 1.15 bits per heavy atom. The van der Waals surface area contributed by atoms with Crippen molar-refractivity contribution in [1.82, 2.24) is 9.47 Å². The highest BCUT2D eigenvalue weighted by Crippen LogP contribution is 2.42. The van der Waals surface area contributed by atoms with Gasteiger partial charge in [0.15, 0.2) is 0 Å². The molecular formula is C23H23FN2. The third kappa shape index (κ3) is 2.42. The van der Waals surface area contributed by atoms with Crippen LogP contribution < -0.4 is 0 Å². The first-order valence-corrected chi connectivity index (χ1v) is 9.40. The number of aromatic nitrogens is 1. The maximum Gasteiger partial charge on any atom is 0.123 e. The number of halogens is 1. The molecule has 3 heterocycles. The van der Waals surface area contributed by atoms with Crippen LogP contribution in [-0.2, 0) is 6.54 Å². The minimum Gasteiger partial charge on any atom is -0.318 e. The quantitative estimate of drug-likeness (QED) is 0.602. The fourth-order valence-electron chi connectivity index (χ4n) is 4.68. The average Bonchev–Trinajstić information content (AvgIpc) is 3.15. The van der Waals surface area contributed by atoms with Gasteiger partial charge in [-0.3, -0.25) is 4.90 Å². The molecule has 2 unspecified atom stereocenters. The third-order valence-electron chi connectivity index (χ3n) is 5.98. The van der Waals surface area contributed by atoms with Crippen LogP contribution in [0.15, 0.2) is 42.5 Å². The lowest BCUT2D eigenvalue weighted by Crippen LogP contribution is -2.25. The second kappa shape index (κ2) is 5.82. The SMILES string of the molecule is C/C(=C\n1c2c(c3cc(C)ccc31)C1CCN(C2)C1)c1ccc(F)cc1. The van der Waals surface area contributed by atoms with Crippen LogP contribution in [-0.4, -0.2) is 22.6 Å². The van der Waals surface area contributed by atoms with Gasteiger partial charge in [0.05, 0.1) is 5.52 Å². The number of nitrogens with zero attached hydrogens (tertiary/aromatic N) is 2. The van der Waals surface area contributed by atoms with Crippen LogP contribution in [0.4, 0.5) is 4.39 Å². The van der Waals surface area contributed by atoms with Crippen LogP contribution >= 0.6 is 0 Å². The summed E-state index contributed by atoms with van der Waals surface area (Å²) in [6.07, 6.45) is 3.50. The molecule has 2 aliphatic heterocycles. The Morgan fingerprint density at radius 3 is 2.77 bits per heavy atom. The smallest absolute Gasteiger partial charge is 0.123 e. The molecule has 1 saturated heterocycles. The molecule has 0 radical (unpaired) electrons. The number of benzene rings is 2.